The van der Waals surface area contributed by atoms with Crippen LogP contribution in [0, 0.1) is 0 Å². The summed E-state index contributed by atoms with van der Waals surface area (Å²) < 4.78 is 7.38. The molecule has 2 aromatic heterocycles. The van der Waals surface area contributed by atoms with Crippen LogP contribution in [0.3, 0.4) is 0 Å². The zero-order chi connectivity index (χ0) is 14.6. The standard InChI is InChI=1S/C15H16BrNO3S/c16-13-10-9-8(4-3-7-20-10)12(15(19)5-1-2-6-15)17-14(18)11(9)21-13/h19H,1-7H2,(H,17,18). The van der Waals surface area contributed by atoms with Gasteiger partial charge in [-0.15, -0.1) is 11.3 Å². The SMILES string of the molecule is O=c1[nH]c(C2(O)CCCC2)c2c3c(c(Br)sc13)OCCC2. The fourth-order valence-corrected chi connectivity index (χ4v) is 5.30. The largest absolute Gasteiger partial charge is 0.491 e. The monoisotopic (exact) mass is 369 g/mol. The number of halogens is 1. The molecular weight excluding hydrogens is 354 g/mol. The van der Waals surface area contributed by atoms with Gasteiger partial charge in [0.25, 0.3) is 5.56 Å². The van der Waals surface area contributed by atoms with E-state index < -0.39 is 5.60 Å². The normalized spacial score (nSPS) is 20.5. The van der Waals surface area contributed by atoms with Crippen LogP contribution in [0.2, 0.25) is 0 Å². The zero-order valence-electron chi connectivity index (χ0n) is 11.5. The highest BCUT2D eigenvalue weighted by Crippen LogP contribution is 2.47. The molecule has 0 saturated heterocycles. The number of pyridine rings is 1. The van der Waals surface area contributed by atoms with Gasteiger partial charge in [0, 0.05) is 5.39 Å². The number of aromatic amines is 1. The van der Waals surface area contributed by atoms with Crippen molar-refractivity contribution in [2.24, 2.45) is 0 Å². The Morgan fingerprint density at radius 2 is 2.05 bits per heavy atom. The van der Waals surface area contributed by atoms with E-state index in [1.54, 1.807) is 0 Å². The van der Waals surface area contributed by atoms with Crippen molar-refractivity contribution in [2.75, 3.05) is 6.61 Å². The third-order valence-corrected chi connectivity index (χ3v) is 6.39. The van der Waals surface area contributed by atoms with Crippen molar-refractivity contribution < 1.29 is 9.84 Å². The highest BCUT2D eigenvalue weighted by molar-refractivity contribution is 9.11. The molecule has 1 aliphatic heterocycles. The fraction of sp³-hybridized carbons (Fsp3) is 0.533. The lowest BCUT2D eigenvalue weighted by Crippen LogP contribution is -2.28. The smallest absolute Gasteiger partial charge is 0.266 e. The molecule has 3 heterocycles. The summed E-state index contributed by atoms with van der Waals surface area (Å²) in [6, 6.07) is 0. The molecule has 2 aliphatic rings. The van der Waals surface area contributed by atoms with Crippen molar-refractivity contribution in [1.82, 2.24) is 4.98 Å². The van der Waals surface area contributed by atoms with Crippen LogP contribution in [0.4, 0.5) is 0 Å². The van der Waals surface area contributed by atoms with E-state index in [0.29, 0.717) is 11.3 Å². The molecule has 1 saturated carbocycles. The Kier molecular flexibility index (Phi) is 3.17. The first kappa shape index (κ1) is 13.8. The van der Waals surface area contributed by atoms with Crippen LogP contribution in [0.1, 0.15) is 43.4 Å². The predicted molar refractivity (Wildman–Crippen MR) is 86.3 cm³/mol. The summed E-state index contributed by atoms with van der Waals surface area (Å²) in [6.45, 7) is 0.644. The molecule has 4 rings (SSSR count). The van der Waals surface area contributed by atoms with Gasteiger partial charge in [-0.05, 0) is 47.2 Å². The summed E-state index contributed by atoms with van der Waals surface area (Å²) in [4.78, 5) is 15.4. The van der Waals surface area contributed by atoms with Crippen LogP contribution in [-0.4, -0.2) is 16.7 Å². The molecule has 0 unspecified atom stereocenters. The van der Waals surface area contributed by atoms with Gasteiger partial charge in [0.2, 0.25) is 0 Å². The van der Waals surface area contributed by atoms with E-state index in [1.807, 2.05) is 0 Å². The number of aryl methyl sites for hydroxylation is 1. The Hall–Kier alpha value is -0.850. The molecule has 21 heavy (non-hydrogen) atoms. The van der Waals surface area contributed by atoms with Crippen LogP contribution < -0.4 is 10.3 Å². The summed E-state index contributed by atoms with van der Waals surface area (Å²) >= 11 is 4.92. The Morgan fingerprint density at radius 3 is 2.81 bits per heavy atom. The molecule has 1 fully saturated rings. The molecule has 6 heteroatoms. The Bertz CT molecular complexity index is 773. The average molecular weight is 370 g/mol. The van der Waals surface area contributed by atoms with Crippen molar-refractivity contribution in [3.63, 3.8) is 0 Å². The molecular formula is C15H16BrNO3S. The third-order valence-electron chi connectivity index (χ3n) is 4.59. The van der Waals surface area contributed by atoms with Gasteiger partial charge in [0.15, 0.2) is 5.75 Å². The van der Waals surface area contributed by atoms with E-state index in [9.17, 15) is 9.90 Å². The number of aliphatic hydroxyl groups is 1. The Morgan fingerprint density at radius 1 is 1.29 bits per heavy atom. The first-order valence-electron chi connectivity index (χ1n) is 7.33. The van der Waals surface area contributed by atoms with Crippen LogP contribution >= 0.6 is 27.3 Å². The quantitative estimate of drug-likeness (QED) is 0.809. The number of hydrogen-bond acceptors (Lipinski definition) is 4. The molecule has 2 N–H and O–H groups in total. The first-order chi connectivity index (χ1) is 10.1. The van der Waals surface area contributed by atoms with Crippen molar-refractivity contribution in [1.29, 1.82) is 0 Å². The van der Waals surface area contributed by atoms with Crippen LogP contribution in [0.15, 0.2) is 8.58 Å². The van der Waals surface area contributed by atoms with Gasteiger partial charge in [-0.25, -0.2) is 0 Å². The van der Waals surface area contributed by atoms with Gasteiger partial charge in [-0.2, -0.15) is 0 Å². The molecule has 4 nitrogen and oxygen atoms in total. The molecule has 112 valence electrons. The van der Waals surface area contributed by atoms with E-state index >= 15 is 0 Å². The minimum Gasteiger partial charge on any atom is -0.491 e. The van der Waals surface area contributed by atoms with Gasteiger partial charge in [0.05, 0.1) is 12.3 Å². The first-order valence-corrected chi connectivity index (χ1v) is 8.94. The highest BCUT2D eigenvalue weighted by atomic mass is 79.9. The summed E-state index contributed by atoms with van der Waals surface area (Å²) in [6.07, 6.45) is 5.20. The van der Waals surface area contributed by atoms with Crippen molar-refractivity contribution >= 4 is 37.4 Å². The third kappa shape index (κ3) is 1.99. The number of aromatic nitrogens is 1. The van der Waals surface area contributed by atoms with Crippen LogP contribution in [0.5, 0.6) is 5.75 Å². The molecule has 0 bridgehead atoms. The van der Waals surface area contributed by atoms with E-state index in [1.165, 1.54) is 11.3 Å². The van der Waals surface area contributed by atoms with E-state index in [-0.39, 0.29) is 5.56 Å². The second-order valence-corrected chi connectivity index (χ2v) is 8.25. The van der Waals surface area contributed by atoms with E-state index in [0.717, 1.165) is 64.7 Å². The maximum atomic E-state index is 12.4. The van der Waals surface area contributed by atoms with Gasteiger partial charge >= 0.3 is 0 Å². The topological polar surface area (TPSA) is 62.3 Å². The molecule has 0 aromatic carbocycles. The molecule has 0 spiro atoms. The van der Waals surface area contributed by atoms with Crippen molar-refractivity contribution in [3.8, 4) is 5.75 Å². The fourth-order valence-electron chi connectivity index (χ4n) is 3.60. The lowest BCUT2D eigenvalue weighted by molar-refractivity contribution is 0.0390. The molecule has 0 radical (unpaired) electrons. The second-order valence-electron chi connectivity index (χ2n) is 5.91. The second kappa shape index (κ2) is 4.83. The van der Waals surface area contributed by atoms with Crippen molar-refractivity contribution in [3.05, 3.63) is 25.4 Å². The van der Waals surface area contributed by atoms with Gasteiger partial charge < -0.3 is 14.8 Å². The zero-order valence-corrected chi connectivity index (χ0v) is 13.9. The van der Waals surface area contributed by atoms with Gasteiger partial charge in [-0.1, -0.05) is 12.8 Å². The number of nitrogens with one attached hydrogen (secondary N) is 1. The van der Waals surface area contributed by atoms with Gasteiger partial charge in [0.1, 0.15) is 14.1 Å². The summed E-state index contributed by atoms with van der Waals surface area (Å²) in [5, 5.41) is 11.9. The summed E-state index contributed by atoms with van der Waals surface area (Å²) in [5.74, 6) is 0.774. The maximum absolute atomic E-state index is 12.4. The number of rotatable bonds is 1. The summed E-state index contributed by atoms with van der Waals surface area (Å²) in [7, 11) is 0. The maximum Gasteiger partial charge on any atom is 0.266 e. The Labute approximate surface area is 134 Å². The van der Waals surface area contributed by atoms with E-state index in [4.69, 9.17) is 4.74 Å². The lowest BCUT2D eigenvalue weighted by atomic mass is 9.90. The minimum atomic E-state index is -0.876. The highest BCUT2D eigenvalue weighted by Gasteiger charge is 2.38. The number of ether oxygens (including phenoxy) is 1. The van der Waals surface area contributed by atoms with Gasteiger partial charge in [-0.3, -0.25) is 4.79 Å². The lowest BCUT2D eigenvalue weighted by Gasteiger charge is -2.25. The van der Waals surface area contributed by atoms with E-state index in [2.05, 4.69) is 20.9 Å². The molecule has 0 atom stereocenters. The van der Waals surface area contributed by atoms with Crippen LogP contribution in [0.25, 0.3) is 10.1 Å². The minimum absolute atomic E-state index is 0.119. The predicted octanol–water partition coefficient (Wildman–Crippen LogP) is 3.44. The van der Waals surface area contributed by atoms with Crippen molar-refractivity contribution in [2.45, 2.75) is 44.1 Å². The van der Waals surface area contributed by atoms with Crippen LogP contribution in [-0.2, 0) is 12.0 Å². The summed E-state index contributed by atoms with van der Waals surface area (Å²) in [5.41, 5.74) is 0.808. The molecule has 1 aliphatic carbocycles. The number of H-pyrrole nitrogens is 1. The number of hydrogen-bond donors (Lipinski definition) is 2. The number of thiophene rings is 1. The average Bonchev–Trinajstić information content (AvgIpc) is 2.95. The molecule has 0 amide bonds. The Balaban J connectivity index is 2.08. The molecule has 2 aromatic rings.